The molecule has 1 aliphatic heterocycles. The Labute approximate surface area is 121 Å². The molecule has 0 saturated carbocycles. The predicted molar refractivity (Wildman–Crippen MR) is 72.6 cm³/mol. The number of hydrogen-bond acceptors (Lipinski definition) is 1. The number of hydrogen-bond donors (Lipinski definition) is 1. The number of carbonyl (C=O) groups is 1. The molecule has 110 valence electrons. The lowest BCUT2D eigenvalue weighted by atomic mass is 9.70. The second-order valence-corrected chi connectivity index (χ2v) is 5.59. The van der Waals surface area contributed by atoms with Crippen molar-refractivity contribution < 1.29 is 18.7 Å². The number of likely N-dealkylation sites (tertiary alicyclic amines) is 1. The van der Waals surface area contributed by atoms with Crippen LogP contribution in [0.3, 0.4) is 0 Å². The van der Waals surface area contributed by atoms with Crippen molar-refractivity contribution in [1.29, 1.82) is 0 Å². The van der Waals surface area contributed by atoms with Crippen LogP contribution in [0.1, 0.15) is 24.8 Å². The van der Waals surface area contributed by atoms with E-state index in [0.29, 0.717) is 17.9 Å². The number of amides is 1. The zero-order valence-corrected chi connectivity index (χ0v) is 11.6. The number of alkyl halides is 2. The second kappa shape index (κ2) is 5.95. The molecule has 1 aliphatic rings. The zero-order valence-electron chi connectivity index (χ0n) is 10.9. The van der Waals surface area contributed by atoms with Crippen LogP contribution in [0.5, 0.6) is 0 Å². The second-order valence-electron chi connectivity index (χ2n) is 5.15. The Morgan fingerprint density at radius 3 is 2.30 bits per heavy atom. The smallest absolute Gasteiger partial charge is 0.407 e. The lowest BCUT2D eigenvalue weighted by molar-refractivity contribution is 0.0660. The third-order valence-corrected chi connectivity index (χ3v) is 4.24. The summed E-state index contributed by atoms with van der Waals surface area (Å²) < 4.78 is 25.9. The molecule has 1 fully saturated rings. The number of halogens is 3. The quantitative estimate of drug-likeness (QED) is 0.916. The molecule has 1 saturated heterocycles. The van der Waals surface area contributed by atoms with Gasteiger partial charge >= 0.3 is 6.09 Å². The van der Waals surface area contributed by atoms with Crippen LogP contribution in [0, 0.1) is 0 Å². The molecule has 2 rings (SSSR count). The molecule has 0 aromatic heterocycles. The number of benzene rings is 1. The SMILES string of the molecule is O=C(O)N1CCC(CC(F)F)(c2ccc(Cl)cc2)CC1. The molecular formula is C14H16ClF2NO2. The van der Waals surface area contributed by atoms with E-state index < -0.39 is 17.9 Å². The normalized spacial score (nSPS) is 18.3. The Morgan fingerprint density at radius 1 is 1.30 bits per heavy atom. The van der Waals surface area contributed by atoms with Gasteiger partial charge in [-0.25, -0.2) is 13.6 Å². The maximum absolute atomic E-state index is 12.9. The van der Waals surface area contributed by atoms with Crippen molar-refractivity contribution in [3.05, 3.63) is 34.9 Å². The molecule has 0 radical (unpaired) electrons. The van der Waals surface area contributed by atoms with E-state index in [9.17, 15) is 13.6 Å². The Bertz CT molecular complexity index is 471. The predicted octanol–water partition coefficient (Wildman–Crippen LogP) is 4.01. The molecule has 1 aromatic rings. The fourth-order valence-corrected chi connectivity index (χ4v) is 2.96. The van der Waals surface area contributed by atoms with Crippen LogP contribution in [0.2, 0.25) is 5.02 Å². The monoisotopic (exact) mass is 303 g/mol. The molecule has 0 unspecified atom stereocenters. The van der Waals surface area contributed by atoms with Crippen molar-refractivity contribution in [1.82, 2.24) is 4.90 Å². The first-order valence-corrected chi connectivity index (χ1v) is 6.83. The number of nitrogens with zero attached hydrogens (tertiary/aromatic N) is 1. The molecule has 1 amide bonds. The van der Waals surface area contributed by atoms with Crippen LogP contribution in [-0.2, 0) is 5.41 Å². The lowest BCUT2D eigenvalue weighted by Crippen LogP contribution is -2.45. The van der Waals surface area contributed by atoms with Gasteiger partial charge in [-0.2, -0.15) is 0 Å². The summed E-state index contributed by atoms with van der Waals surface area (Å²) in [6.45, 7) is 0.565. The lowest BCUT2D eigenvalue weighted by Gasteiger charge is -2.41. The van der Waals surface area contributed by atoms with Crippen molar-refractivity contribution in [2.24, 2.45) is 0 Å². The minimum atomic E-state index is -2.41. The Morgan fingerprint density at radius 2 is 1.85 bits per heavy atom. The highest BCUT2D eigenvalue weighted by Crippen LogP contribution is 2.40. The molecular weight excluding hydrogens is 288 g/mol. The third kappa shape index (κ3) is 3.20. The Hall–Kier alpha value is -1.36. The van der Waals surface area contributed by atoms with E-state index in [4.69, 9.17) is 16.7 Å². The molecule has 0 spiro atoms. The molecule has 1 heterocycles. The molecule has 6 heteroatoms. The third-order valence-electron chi connectivity index (χ3n) is 3.99. The van der Waals surface area contributed by atoms with Gasteiger partial charge in [0.2, 0.25) is 6.43 Å². The summed E-state index contributed by atoms with van der Waals surface area (Å²) in [5.41, 5.74) is 0.150. The zero-order chi connectivity index (χ0) is 14.8. The molecule has 0 atom stereocenters. The highest BCUT2D eigenvalue weighted by molar-refractivity contribution is 6.30. The van der Waals surface area contributed by atoms with Gasteiger partial charge in [0, 0.05) is 29.9 Å². The van der Waals surface area contributed by atoms with Crippen LogP contribution in [0.15, 0.2) is 24.3 Å². The number of rotatable bonds is 3. The molecule has 1 aromatic carbocycles. The van der Waals surface area contributed by atoms with Crippen molar-refractivity contribution in [3.8, 4) is 0 Å². The van der Waals surface area contributed by atoms with Gasteiger partial charge in [0.15, 0.2) is 0 Å². The van der Waals surface area contributed by atoms with Gasteiger partial charge in [-0.05, 0) is 30.5 Å². The maximum atomic E-state index is 12.9. The Kier molecular flexibility index (Phi) is 4.48. The van der Waals surface area contributed by atoms with Crippen molar-refractivity contribution in [2.75, 3.05) is 13.1 Å². The van der Waals surface area contributed by atoms with Gasteiger partial charge in [-0.1, -0.05) is 23.7 Å². The van der Waals surface area contributed by atoms with Gasteiger partial charge in [0.1, 0.15) is 0 Å². The van der Waals surface area contributed by atoms with Gasteiger partial charge < -0.3 is 10.0 Å². The van der Waals surface area contributed by atoms with Crippen molar-refractivity contribution in [2.45, 2.75) is 31.1 Å². The van der Waals surface area contributed by atoms with E-state index in [-0.39, 0.29) is 19.5 Å². The van der Waals surface area contributed by atoms with Gasteiger partial charge in [-0.15, -0.1) is 0 Å². The fraction of sp³-hybridized carbons (Fsp3) is 0.500. The van der Waals surface area contributed by atoms with Gasteiger partial charge in [-0.3, -0.25) is 0 Å². The van der Waals surface area contributed by atoms with Crippen molar-refractivity contribution >= 4 is 17.7 Å². The van der Waals surface area contributed by atoms with Crippen molar-refractivity contribution in [3.63, 3.8) is 0 Å². The summed E-state index contributed by atoms with van der Waals surface area (Å²) in [7, 11) is 0. The highest BCUT2D eigenvalue weighted by Gasteiger charge is 2.39. The van der Waals surface area contributed by atoms with E-state index in [0.717, 1.165) is 5.56 Å². The van der Waals surface area contributed by atoms with E-state index in [1.54, 1.807) is 24.3 Å². The summed E-state index contributed by atoms with van der Waals surface area (Å²) in [5.74, 6) is 0. The summed E-state index contributed by atoms with van der Waals surface area (Å²) >= 11 is 5.83. The largest absolute Gasteiger partial charge is 0.465 e. The first-order chi connectivity index (χ1) is 9.43. The average molecular weight is 304 g/mol. The van der Waals surface area contributed by atoms with E-state index >= 15 is 0 Å². The summed E-state index contributed by atoms with van der Waals surface area (Å²) in [6.07, 6.45) is -2.84. The summed E-state index contributed by atoms with van der Waals surface area (Å²) in [6, 6.07) is 6.91. The molecule has 3 nitrogen and oxygen atoms in total. The van der Waals surface area contributed by atoms with Crippen LogP contribution in [0.25, 0.3) is 0 Å². The fourth-order valence-electron chi connectivity index (χ4n) is 2.84. The van der Waals surface area contributed by atoms with E-state index in [2.05, 4.69) is 0 Å². The topological polar surface area (TPSA) is 40.5 Å². The highest BCUT2D eigenvalue weighted by atomic mass is 35.5. The van der Waals surface area contributed by atoms with Crippen LogP contribution in [0.4, 0.5) is 13.6 Å². The minimum absolute atomic E-state index is 0.248. The Balaban J connectivity index is 2.24. The average Bonchev–Trinajstić information content (AvgIpc) is 2.39. The van der Waals surface area contributed by atoms with Crippen LogP contribution < -0.4 is 0 Å². The first kappa shape index (κ1) is 15.0. The standard InChI is InChI=1S/C14H16ClF2NO2/c15-11-3-1-10(2-4-11)14(9-12(16)17)5-7-18(8-6-14)13(19)20/h1-4,12H,5-9H2,(H,19,20). The van der Waals surface area contributed by atoms with Gasteiger partial charge in [0.25, 0.3) is 0 Å². The molecule has 0 aliphatic carbocycles. The summed E-state index contributed by atoms with van der Waals surface area (Å²) in [4.78, 5) is 12.2. The molecule has 0 bridgehead atoms. The minimum Gasteiger partial charge on any atom is -0.465 e. The number of carboxylic acid groups (broad SMARTS) is 1. The first-order valence-electron chi connectivity index (χ1n) is 6.45. The van der Waals surface area contributed by atoms with E-state index in [1.807, 2.05) is 0 Å². The molecule has 1 N–H and O–H groups in total. The number of piperidine rings is 1. The van der Waals surface area contributed by atoms with Crippen LogP contribution >= 0.6 is 11.6 Å². The van der Waals surface area contributed by atoms with E-state index in [1.165, 1.54) is 4.90 Å². The summed E-state index contributed by atoms with van der Waals surface area (Å²) in [5, 5.41) is 9.52. The van der Waals surface area contributed by atoms with Gasteiger partial charge in [0.05, 0.1) is 0 Å². The maximum Gasteiger partial charge on any atom is 0.407 e. The van der Waals surface area contributed by atoms with Crippen LogP contribution in [-0.4, -0.2) is 35.6 Å². The molecule has 20 heavy (non-hydrogen) atoms.